The van der Waals surface area contributed by atoms with Crippen LogP contribution < -0.4 is 31.0 Å². The largest absolute Gasteiger partial charge is 0.491 e. The lowest BCUT2D eigenvalue weighted by Gasteiger charge is -2.26. The molecule has 4 amide bonds. The van der Waals surface area contributed by atoms with Crippen LogP contribution in [0.15, 0.2) is 66.1 Å². The van der Waals surface area contributed by atoms with E-state index in [1.807, 2.05) is 64.9 Å². The standard InChI is InChI=1S/C42H50N12O6/c1-5-51-26-49(4)25-34(51)41(58)47-42-45-31-22-30(39(44)56)23-35(60-17-9-12-50-15-18-59-19-16-50)37(31)53(42)14-8-7-13-52-32-11-10-28(38(43)55)21-29(32)24-36(52)46-40(57)33-20-27(3)48-54(33)6-2/h7-8,10-11,20-23,25-26H,5-6,9,12-19,24H2,1-4H3,(H4-,43,44,45,47,55,56,58)/p+1/b8-7+,46-36?. The van der Waals surface area contributed by atoms with Crippen molar-refractivity contribution < 1.29 is 33.2 Å². The van der Waals surface area contributed by atoms with E-state index in [1.54, 1.807) is 47.3 Å². The first-order valence-electron chi connectivity index (χ1n) is 20.1. The number of carbonyl (C=O) groups excluding carboxylic acids is 4. The molecule has 18 nitrogen and oxygen atoms in total. The Hall–Kier alpha value is -6.66. The molecule has 2 aliphatic heterocycles. The third kappa shape index (κ3) is 8.98. The van der Waals surface area contributed by atoms with Crippen molar-refractivity contribution >= 4 is 52.1 Å². The molecule has 5 N–H and O–H groups in total. The van der Waals surface area contributed by atoms with E-state index in [9.17, 15) is 19.2 Å². The van der Waals surface area contributed by atoms with Gasteiger partial charge in [0.25, 0.3) is 5.91 Å². The van der Waals surface area contributed by atoms with Gasteiger partial charge in [0.05, 0.1) is 44.6 Å². The number of aromatic nitrogens is 6. The summed E-state index contributed by atoms with van der Waals surface area (Å²) in [4.78, 5) is 65.5. The smallest absolute Gasteiger partial charge is 0.301 e. The molecular weight excluding hydrogens is 769 g/mol. The van der Waals surface area contributed by atoms with Crippen LogP contribution in [0.3, 0.4) is 0 Å². The normalized spacial score (nSPS) is 15.0. The van der Waals surface area contributed by atoms with Crippen LogP contribution in [-0.2, 0) is 37.8 Å². The highest BCUT2D eigenvalue weighted by atomic mass is 16.5. The third-order valence-corrected chi connectivity index (χ3v) is 10.5. The molecule has 0 atom stereocenters. The zero-order chi connectivity index (χ0) is 42.5. The first-order valence-corrected chi connectivity index (χ1v) is 20.1. The molecule has 60 heavy (non-hydrogen) atoms. The minimum Gasteiger partial charge on any atom is -0.491 e. The number of primary amides is 2. The Morgan fingerprint density at radius 3 is 2.48 bits per heavy atom. The number of nitrogens with zero attached hydrogens (tertiary/aromatic N) is 9. The molecule has 0 aliphatic carbocycles. The molecule has 18 heteroatoms. The summed E-state index contributed by atoms with van der Waals surface area (Å²) in [5.74, 6) is -0.831. The van der Waals surface area contributed by atoms with Gasteiger partial charge in [-0.15, -0.1) is 0 Å². The first kappa shape index (κ1) is 41.5. The fraction of sp³-hybridized carbons (Fsp3) is 0.381. The lowest BCUT2D eigenvalue weighted by Crippen LogP contribution is -2.37. The molecule has 0 radical (unpaired) electrons. The van der Waals surface area contributed by atoms with Crippen LogP contribution >= 0.6 is 0 Å². The van der Waals surface area contributed by atoms with E-state index < -0.39 is 17.7 Å². The Kier molecular flexibility index (Phi) is 12.5. The summed E-state index contributed by atoms with van der Waals surface area (Å²) in [5.41, 5.74) is 16.1. The van der Waals surface area contributed by atoms with Crippen molar-refractivity contribution in [2.24, 2.45) is 23.5 Å². The number of fused-ring (bicyclic) bond motifs is 2. The average molecular weight is 820 g/mol. The number of carbonyl (C=O) groups is 4. The van der Waals surface area contributed by atoms with Gasteiger partial charge in [0.1, 0.15) is 29.0 Å². The molecule has 0 bridgehead atoms. The van der Waals surface area contributed by atoms with Crippen molar-refractivity contribution in [2.45, 2.75) is 53.2 Å². The number of allylic oxidation sites excluding steroid dienone is 1. The van der Waals surface area contributed by atoms with Crippen molar-refractivity contribution in [3.63, 3.8) is 0 Å². The maximum Gasteiger partial charge on any atom is 0.301 e. The van der Waals surface area contributed by atoms with E-state index in [4.69, 9.17) is 25.9 Å². The summed E-state index contributed by atoms with van der Waals surface area (Å²) in [6.07, 6.45) is 8.46. The number of morpholine rings is 1. The van der Waals surface area contributed by atoms with E-state index >= 15 is 0 Å². The number of amides is 4. The Morgan fingerprint density at radius 2 is 1.75 bits per heavy atom. The van der Waals surface area contributed by atoms with Crippen molar-refractivity contribution in [1.29, 1.82) is 0 Å². The van der Waals surface area contributed by atoms with Gasteiger partial charge < -0.3 is 30.4 Å². The molecule has 5 heterocycles. The van der Waals surface area contributed by atoms with Gasteiger partial charge in [0, 0.05) is 62.5 Å². The summed E-state index contributed by atoms with van der Waals surface area (Å²) in [6, 6.07) is 10.1. The summed E-state index contributed by atoms with van der Waals surface area (Å²) in [7, 11) is 1.85. The molecule has 2 aromatic carbocycles. The van der Waals surface area contributed by atoms with Crippen LogP contribution in [-0.4, -0.2) is 104 Å². The number of hydrogen-bond acceptors (Lipinski definition) is 9. The lowest BCUT2D eigenvalue weighted by atomic mass is 10.1. The minimum absolute atomic E-state index is 0.223. The van der Waals surface area contributed by atoms with E-state index in [0.717, 1.165) is 37.3 Å². The Balaban J connectivity index is 1.21. The number of benzene rings is 2. The van der Waals surface area contributed by atoms with Crippen LogP contribution in [0.4, 0.5) is 11.6 Å². The molecule has 0 saturated carbocycles. The fourth-order valence-electron chi connectivity index (χ4n) is 7.58. The first-order chi connectivity index (χ1) is 28.9. The van der Waals surface area contributed by atoms with Crippen molar-refractivity contribution in [2.75, 3.05) is 56.2 Å². The van der Waals surface area contributed by atoms with E-state index in [2.05, 4.69) is 20.3 Å². The number of nitrogens with one attached hydrogen (secondary N) is 1. The van der Waals surface area contributed by atoms with Crippen molar-refractivity contribution in [1.82, 2.24) is 28.8 Å². The molecule has 5 aromatic rings. The van der Waals surface area contributed by atoms with Gasteiger partial charge >= 0.3 is 5.91 Å². The highest BCUT2D eigenvalue weighted by Crippen LogP contribution is 2.33. The fourth-order valence-corrected chi connectivity index (χ4v) is 7.58. The van der Waals surface area contributed by atoms with Gasteiger partial charge in [0.15, 0.2) is 0 Å². The van der Waals surface area contributed by atoms with Gasteiger partial charge in [0.2, 0.25) is 29.8 Å². The van der Waals surface area contributed by atoms with E-state index in [0.29, 0.717) is 91.1 Å². The number of rotatable bonds is 16. The van der Waals surface area contributed by atoms with Crippen LogP contribution in [0.2, 0.25) is 0 Å². The molecule has 1 saturated heterocycles. The summed E-state index contributed by atoms with van der Waals surface area (Å²) >= 11 is 0. The minimum atomic E-state index is -0.637. The number of aliphatic imine (C=N–C) groups is 1. The monoisotopic (exact) mass is 819 g/mol. The van der Waals surface area contributed by atoms with Gasteiger partial charge in [-0.1, -0.05) is 12.2 Å². The Morgan fingerprint density at radius 1 is 0.983 bits per heavy atom. The molecule has 314 valence electrons. The van der Waals surface area contributed by atoms with Crippen LogP contribution in [0.1, 0.15) is 73.2 Å². The predicted molar refractivity (Wildman–Crippen MR) is 224 cm³/mol. The predicted octanol–water partition coefficient (Wildman–Crippen LogP) is 2.62. The second kappa shape index (κ2) is 18.1. The molecule has 3 aromatic heterocycles. The van der Waals surface area contributed by atoms with Gasteiger partial charge in [-0.25, -0.2) is 14.1 Å². The van der Waals surface area contributed by atoms with Gasteiger partial charge in [-0.05, 0) is 69.2 Å². The van der Waals surface area contributed by atoms with Gasteiger partial charge in [-0.2, -0.15) is 10.1 Å². The van der Waals surface area contributed by atoms with E-state index in [1.165, 1.54) is 0 Å². The second-order valence-electron chi connectivity index (χ2n) is 14.7. The number of ether oxygens (including phenoxy) is 2. The molecular formula is C42H51N12O6+. The zero-order valence-corrected chi connectivity index (χ0v) is 34.4. The number of imidazole rings is 2. The summed E-state index contributed by atoms with van der Waals surface area (Å²) in [6.45, 7) is 11.6. The SMILES string of the molecule is CCn1c[n+](C)cc1C(=O)Nc1nc2cc(C(N)=O)cc(OCCCN3CCOCC3)c2n1C/C=C/CN1C(=NC(=O)c2cc(C)nn2CC)Cc2cc(C(N)=O)ccc21. The van der Waals surface area contributed by atoms with Crippen LogP contribution in [0, 0.1) is 6.92 Å². The number of nitrogens with two attached hydrogens (primary N) is 2. The van der Waals surface area contributed by atoms with Crippen molar-refractivity contribution in [3.8, 4) is 5.75 Å². The quantitative estimate of drug-likeness (QED) is 0.0752. The van der Waals surface area contributed by atoms with Crippen LogP contribution in [0.25, 0.3) is 11.0 Å². The highest BCUT2D eigenvalue weighted by molar-refractivity contribution is 6.13. The number of anilines is 2. The van der Waals surface area contributed by atoms with Crippen LogP contribution in [0.5, 0.6) is 5.75 Å². The zero-order valence-electron chi connectivity index (χ0n) is 34.4. The molecule has 1 fully saturated rings. The molecule has 0 unspecified atom stereocenters. The third-order valence-electron chi connectivity index (χ3n) is 10.5. The average Bonchev–Trinajstić information content (AvgIpc) is 4.00. The van der Waals surface area contributed by atoms with E-state index in [-0.39, 0.29) is 24.0 Å². The molecule has 0 spiro atoms. The molecule has 7 rings (SSSR count). The second-order valence-corrected chi connectivity index (χ2v) is 14.7. The number of amidine groups is 1. The summed E-state index contributed by atoms with van der Waals surface area (Å²) in [5, 5.41) is 7.41. The Bertz CT molecular complexity index is 2510. The maximum atomic E-state index is 13.8. The number of hydrogen-bond donors (Lipinski definition) is 3. The van der Waals surface area contributed by atoms with Gasteiger partial charge in [-0.3, -0.25) is 34.1 Å². The summed E-state index contributed by atoms with van der Waals surface area (Å²) < 4.78 is 19.0. The number of aryl methyl sites for hydroxylation is 4. The highest BCUT2D eigenvalue weighted by Gasteiger charge is 2.28. The maximum absolute atomic E-state index is 13.8. The Labute approximate surface area is 347 Å². The topological polar surface area (TPSA) is 214 Å². The molecule has 2 aliphatic rings. The lowest BCUT2D eigenvalue weighted by molar-refractivity contribution is -0.671. The van der Waals surface area contributed by atoms with Crippen molar-refractivity contribution in [3.05, 3.63) is 94.8 Å².